The Bertz CT molecular complexity index is 162. The number of hydrogen-bond acceptors (Lipinski definition) is 1. The molecule has 2 saturated carbocycles. The van der Waals surface area contributed by atoms with E-state index in [-0.39, 0.29) is 0 Å². The van der Waals surface area contributed by atoms with Crippen LogP contribution in [0.4, 0.5) is 0 Å². The molecule has 0 aliphatic heterocycles. The Morgan fingerprint density at radius 2 is 1.82 bits per heavy atom. The number of nitrogens with two attached hydrogens (primary N) is 1. The fraction of sp³-hybridized carbons (Fsp3) is 1.00. The topological polar surface area (TPSA) is 26.0 Å². The van der Waals surface area contributed by atoms with E-state index < -0.39 is 0 Å². The van der Waals surface area contributed by atoms with Crippen LogP contribution in [-0.2, 0) is 0 Å². The van der Waals surface area contributed by atoms with E-state index in [0.717, 1.165) is 11.8 Å². The van der Waals surface area contributed by atoms with Gasteiger partial charge in [-0.25, -0.2) is 0 Å². The van der Waals surface area contributed by atoms with Gasteiger partial charge in [-0.05, 0) is 30.1 Å². The fourth-order valence-corrected chi connectivity index (χ4v) is 3.19. The Balaban J connectivity index is 2.09. The van der Waals surface area contributed by atoms with E-state index in [1.165, 1.54) is 25.7 Å². The summed E-state index contributed by atoms with van der Waals surface area (Å²) in [7, 11) is 0. The highest BCUT2D eigenvalue weighted by Gasteiger charge is 2.54. The second kappa shape index (κ2) is 2.22. The molecule has 0 heterocycles. The Labute approximate surface area is 69.4 Å². The molecule has 0 radical (unpaired) electrons. The van der Waals surface area contributed by atoms with Crippen molar-refractivity contribution in [2.24, 2.45) is 23.0 Å². The summed E-state index contributed by atoms with van der Waals surface area (Å²) >= 11 is 0. The Kier molecular flexibility index (Phi) is 1.54. The minimum atomic E-state index is 0.449. The van der Waals surface area contributed by atoms with E-state index in [4.69, 9.17) is 5.73 Å². The first-order valence-electron chi connectivity index (χ1n) is 4.89. The minimum absolute atomic E-state index is 0.449. The zero-order valence-corrected chi connectivity index (χ0v) is 7.64. The SMILES string of the molecule is CC1(C)[C@H](N)[C@H]2CCCC[C@@H]21. The molecule has 0 aromatic carbocycles. The highest BCUT2D eigenvalue weighted by molar-refractivity contribution is 5.06. The molecular weight excluding hydrogens is 134 g/mol. The quantitative estimate of drug-likeness (QED) is 0.567. The van der Waals surface area contributed by atoms with Gasteiger partial charge in [-0.1, -0.05) is 26.7 Å². The second-order valence-electron chi connectivity index (χ2n) is 4.90. The predicted molar refractivity (Wildman–Crippen MR) is 47.2 cm³/mol. The van der Waals surface area contributed by atoms with Crippen molar-refractivity contribution in [3.05, 3.63) is 0 Å². The summed E-state index contributed by atoms with van der Waals surface area (Å²) in [5.74, 6) is 1.82. The van der Waals surface area contributed by atoms with E-state index in [1.54, 1.807) is 0 Å². The lowest BCUT2D eigenvalue weighted by Crippen LogP contribution is -2.63. The Morgan fingerprint density at radius 1 is 1.18 bits per heavy atom. The van der Waals surface area contributed by atoms with Crippen LogP contribution in [0.3, 0.4) is 0 Å². The molecule has 0 bridgehead atoms. The average molecular weight is 153 g/mol. The first-order valence-corrected chi connectivity index (χ1v) is 4.89. The van der Waals surface area contributed by atoms with Crippen LogP contribution >= 0.6 is 0 Å². The van der Waals surface area contributed by atoms with Crippen LogP contribution in [0, 0.1) is 17.3 Å². The molecule has 2 fully saturated rings. The zero-order valence-electron chi connectivity index (χ0n) is 7.64. The molecule has 1 heteroatoms. The molecule has 2 aliphatic carbocycles. The lowest BCUT2D eigenvalue weighted by molar-refractivity contribution is -0.0695. The van der Waals surface area contributed by atoms with Gasteiger partial charge in [-0.15, -0.1) is 0 Å². The van der Waals surface area contributed by atoms with Crippen molar-refractivity contribution in [3.63, 3.8) is 0 Å². The van der Waals surface area contributed by atoms with Gasteiger partial charge >= 0.3 is 0 Å². The summed E-state index contributed by atoms with van der Waals surface area (Å²) in [4.78, 5) is 0. The molecule has 11 heavy (non-hydrogen) atoms. The van der Waals surface area contributed by atoms with E-state index in [0.29, 0.717) is 11.5 Å². The molecule has 0 amide bonds. The van der Waals surface area contributed by atoms with E-state index in [9.17, 15) is 0 Å². The maximum atomic E-state index is 6.11. The monoisotopic (exact) mass is 153 g/mol. The van der Waals surface area contributed by atoms with Crippen LogP contribution in [0.25, 0.3) is 0 Å². The standard InChI is InChI=1S/C10H19N/c1-10(2)8-6-4-3-5-7(8)9(10)11/h7-9H,3-6,11H2,1-2H3/t7-,8-,9+/m0/s1. The lowest BCUT2D eigenvalue weighted by Gasteiger charge is -2.59. The molecule has 2 rings (SSSR count). The molecule has 2 N–H and O–H groups in total. The molecule has 0 saturated heterocycles. The largest absolute Gasteiger partial charge is 0.327 e. The molecule has 1 nitrogen and oxygen atoms in total. The summed E-state index contributed by atoms with van der Waals surface area (Å²) in [6, 6.07) is 0.493. The number of rotatable bonds is 0. The van der Waals surface area contributed by atoms with Gasteiger partial charge in [0.1, 0.15) is 0 Å². The fourth-order valence-electron chi connectivity index (χ4n) is 3.19. The van der Waals surface area contributed by atoms with Crippen molar-refractivity contribution < 1.29 is 0 Å². The van der Waals surface area contributed by atoms with Crippen LogP contribution in [0.2, 0.25) is 0 Å². The van der Waals surface area contributed by atoms with Crippen molar-refractivity contribution in [2.75, 3.05) is 0 Å². The number of fused-ring (bicyclic) bond motifs is 1. The summed E-state index contributed by atoms with van der Waals surface area (Å²) in [6.45, 7) is 4.67. The smallest absolute Gasteiger partial charge is 0.0124 e. The summed E-state index contributed by atoms with van der Waals surface area (Å²) in [5.41, 5.74) is 6.56. The van der Waals surface area contributed by atoms with Crippen molar-refractivity contribution in [2.45, 2.75) is 45.6 Å². The Morgan fingerprint density at radius 3 is 2.45 bits per heavy atom. The predicted octanol–water partition coefficient (Wildman–Crippen LogP) is 2.16. The first-order chi connectivity index (χ1) is 5.14. The van der Waals surface area contributed by atoms with Gasteiger partial charge < -0.3 is 5.73 Å². The van der Waals surface area contributed by atoms with Gasteiger partial charge in [-0.3, -0.25) is 0 Å². The molecule has 0 unspecified atom stereocenters. The van der Waals surface area contributed by atoms with Crippen LogP contribution in [0.15, 0.2) is 0 Å². The van der Waals surface area contributed by atoms with Crippen LogP contribution in [0.1, 0.15) is 39.5 Å². The lowest BCUT2D eigenvalue weighted by atomic mass is 9.48. The molecule has 3 atom stereocenters. The molecule has 64 valence electrons. The highest BCUT2D eigenvalue weighted by atomic mass is 14.8. The third-order valence-electron chi connectivity index (χ3n) is 4.10. The molecule has 0 aromatic rings. The highest BCUT2D eigenvalue weighted by Crippen LogP contribution is 2.55. The van der Waals surface area contributed by atoms with Crippen molar-refractivity contribution in [1.29, 1.82) is 0 Å². The third kappa shape index (κ3) is 0.868. The second-order valence-corrected chi connectivity index (χ2v) is 4.90. The first kappa shape index (κ1) is 7.60. The number of hydrogen-bond donors (Lipinski definition) is 1. The maximum absolute atomic E-state index is 6.11. The van der Waals surface area contributed by atoms with Gasteiger partial charge in [0.15, 0.2) is 0 Å². The van der Waals surface area contributed by atoms with Gasteiger partial charge in [0.2, 0.25) is 0 Å². The summed E-state index contributed by atoms with van der Waals surface area (Å²) in [6.07, 6.45) is 5.70. The van der Waals surface area contributed by atoms with E-state index >= 15 is 0 Å². The van der Waals surface area contributed by atoms with Crippen LogP contribution in [0.5, 0.6) is 0 Å². The average Bonchev–Trinajstić information content (AvgIpc) is 2.04. The van der Waals surface area contributed by atoms with Gasteiger partial charge in [0, 0.05) is 6.04 Å². The molecule has 0 aromatic heterocycles. The van der Waals surface area contributed by atoms with Crippen molar-refractivity contribution in [3.8, 4) is 0 Å². The maximum Gasteiger partial charge on any atom is 0.0124 e. The van der Waals surface area contributed by atoms with Crippen molar-refractivity contribution in [1.82, 2.24) is 0 Å². The van der Waals surface area contributed by atoms with Gasteiger partial charge in [-0.2, -0.15) is 0 Å². The van der Waals surface area contributed by atoms with E-state index in [1.807, 2.05) is 0 Å². The van der Waals surface area contributed by atoms with Crippen molar-refractivity contribution >= 4 is 0 Å². The summed E-state index contributed by atoms with van der Waals surface area (Å²) < 4.78 is 0. The molecule has 2 aliphatic rings. The third-order valence-corrected chi connectivity index (χ3v) is 4.10. The molecular formula is C10H19N. The zero-order chi connectivity index (χ0) is 8.06. The van der Waals surface area contributed by atoms with Gasteiger partial charge in [0.25, 0.3) is 0 Å². The Hall–Kier alpha value is -0.0400. The van der Waals surface area contributed by atoms with Crippen LogP contribution in [-0.4, -0.2) is 6.04 Å². The van der Waals surface area contributed by atoms with E-state index in [2.05, 4.69) is 13.8 Å². The normalized spacial score (nSPS) is 47.7. The summed E-state index contributed by atoms with van der Waals surface area (Å²) in [5, 5.41) is 0. The molecule has 0 spiro atoms. The van der Waals surface area contributed by atoms with Crippen LogP contribution < -0.4 is 5.73 Å². The minimum Gasteiger partial charge on any atom is -0.327 e. The van der Waals surface area contributed by atoms with Gasteiger partial charge in [0.05, 0.1) is 0 Å².